The van der Waals surface area contributed by atoms with Gasteiger partial charge >= 0.3 is 6.29 Å². The smallest absolute Gasteiger partial charge is 0.484 e. The van der Waals surface area contributed by atoms with Crippen molar-refractivity contribution < 1.29 is 32.6 Å². The Labute approximate surface area is 184 Å². The third kappa shape index (κ3) is 4.46. The van der Waals surface area contributed by atoms with Gasteiger partial charge in [0.25, 0.3) is 5.91 Å². The number of benzene rings is 1. The number of carbonyl (C=O) groups excluding carboxylic acids is 2. The van der Waals surface area contributed by atoms with Crippen LogP contribution < -0.4 is 30.2 Å². The van der Waals surface area contributed by atoms with Crippen LogP contribution in [0.2, 0.25) is 0 Å². The lowest BCUT2D eigenvalue weighted by atomic mass is 9.60. The van der Waals surface area contributed by atoms with Gasteiger partial charge in [0.1, 0.15) is 5.75 Å². The minimum Gasteiger partial charge on any atom is -0.484 e. The average Bonchev–Trinajstić information content (AvgIpc) is 3.05. The fraction of sp³-hybridized carbons (Fsp3) is 0.636. The molecule has 3 atom stereocenters. The topological polar surface area (TPSA) is 97.9 Å². The first-order chi connectivity index (χ1) is 15.4. The van der Waals surface area contributed by atoms with Crippen molar-refractivity contribution in [3.63, 3.8) is 0 Å². The summed E-state index contributed by atoms with van der Waals surface area (Å²) < 4.78 is 40.4. The quantitative estimate of drug-likeness (QED) is 0.610. The second kappa shape index (κ2) is 8.38. The monoisotopic (exact) mass is 451 g/mol. The Hall–Kier alpha value is -2.62. The highest BCUT2D eigenvalue weighted by atomic mass is 19.3. The molecular formula is C22H27F2N3O5. The molecule has 174 valence electrons. The number of hydrogen-bond donors (Lipinski definition) is 3. The largest absolute Gasteiger partial charge is 0.586 e. The van der Waals surface area contributed by atoms with E-state index in [-0.39, 0.29) is 53.7 Å². The summed E-state index contributed by atoms with van der Waals surface area (Å²) in [6.07, 6.45) is 0.935. The van der Waals surface area contributed by atoms with Gasteiger partial charge in [0, 0.05) is 24.7 Å². The first-order valence-corrected chi connectivity index (χ1v) is 11.2. The fourth-order valence-electron chi connectivity index (χ4n) is 5.17. The van der Waals surface area contributed by atoms with E-state index in [1.165, 1.54) is 18.2 Å². The molecule has 1 aromatic rings. The second-order valence-electron chi connectivity index (χ2n) is 9.12. The summed E-state index contributed by atoms with van der Waals surface area (Å²) in [4.78, 5) is 25.1. The molecule has 2 amide bonds. The molecule has 8 nitrogen and oxygen atoms in total. The number of hydrogen-bond acceptors (Lipinski definition) is 6. The van der Waals surface area contributed by atoms with Crippen LogP contribution in [0.15, 0.2) is 18.2 Å². The molecule has 4 fully saturated rings. The summed E-state index contributed by atoms with van der Waals surface area (Å²) in [5, 5.41) is 9.51. The van der Waals surface area contributed by atoms with E-state index < -0.39 is 6.29 Å². The third-order valence-electron chi connectivity index (χ3n) is 6.94. The summed E-state index contributed by atoms with van der Waals surface area (Å²) in [6, 6.07) is 4.10. The van der Waals surface area contributed by atoms with Crippen molar-refractivity contribution in [3.8, 4) is 17.2 Å². The van der Waals surface area contributed by atoms with Crippen LogP contribution in [0.25, 0.3) is 0 Å². The van der Waals surface area contributed by atoms with Crippen LogP contribution in [-0.2, 0) is 9.59 Å². The van der Waals surface area contributed by atoms with E-state index in [2.05, 4.69) is 25.4 Å². The van der Waals surface area contributed by atoms with Crippen LogP contribution in [0.3, 0.4) is 0 Å². The van der Waals surface area contributed by atoms with Crippen molar-refractivity contribution in [2.24, 2.45) is 17.8 Å². The maximum Gasteiger partial charge on any atom is 0.586 e. The zero-order valence-electron chi connectivity index (χ0n) is 17.6. The Morgan fingerprint density at radius 3 is 2.59 bits per heavy atom. The van der Waals surface area contributed by atoms with Crippen LogP contribution in [0.4, 0.5) is 8.78 Å². The van der Waals surface area contributed by atoms with Gasteiger partial charge in [-0.3, -0.25) is 9.59 Å². The summed E-state index contributed by atoms with van der Waals surface area (Å²) in [7, 11) is 0. The van der Waals surface area contributed by atoms with Gasteiger partial charge in [-0.25, -0.2) is 0 Å². The highest BCUT2D eigenvalue weighted by molar-refractivity contribution is 5.79. The summed E-state index contributed by atoms with van der Waals surface area (Å²) >= 11 is 0. The van der Waals surface area contributed by atoms with E-state index >= 15 is 0 Å². The van der Waals surface area contributed by atoms with Crippen molar-refractivity contribution >= 4 is 11.8 Å². The van der Waals surface area contributed by atoms with Crippen LogP contribution in [0.1, 0.15) is 32.1 Å². The van der Waals surface area contributed by atoms with Crippen LogP contribution >= 0.6 is 0 Å². The minimum absolute atomic E-state index is 0.0127. The number of alkyl halides is 2. The maximum atomic E-state index is 13.1. The van der Waals surface area contributed by atoms with Crippen molar-refractivity contribution in [2.75, 3.05) is 19.7 Å². The van der Waals surface area contributed by atoms with Crippen molar-refractivity contribution in [3.05, 3.63) is 18.2 Å². The summed E-state index contributed by atoms with van der Waals surface area (Å²) in [5.41, 5.74) is 0. The average molecular weight is 451 g/mol. The van der Waals surface area contributed by atoms with Gasteiger partial charge in [0.15, 0.2) is 18.1 Å². The minimum atomic E-state index is -3.70. The molecule has 3 unspecified atom stereocenters. The molecule has 5 aliphatic rings. The van der Waals surface area contributed by atoms with Gasteiger partial charge in [0.2, 0.25) is 5.91 Å². The number of nitrogens with one attached hydrogen (secondary N) is 3. The highest BCUT2D eigenvalue weighted by Crippen LogP contribution is 2.46. The molecule has 1 aromatic carbocycles. The first-order valence-electron chi connectivity index (χ1n) is 11.2. The molecule has 0 aromatic heterocycles. The Balaban J connectivity index is 1.10. The second-order valence-corrected chi connectivity index (χ2v) is 9.12. The lowest BCUT2D eigenvalue weighted by Gasteiger charge is -2.51. The predicted octanol–water partition coefficient (Wildman–Crippen LogP) is 1.79. The molecule has 3 saturated carbocycles. The molecule has 2 bridgehead atoms. The standard InChI is InChI=1S/C22H27F2N3O5/c23-22(24)31-18-4-3-15(8-19(18)32-22)30-11-20(28)26-16-9-17(14-6-13(16)7-14)27-21(29)12-2-1-5-25-10-12/h3-4,8,12-14,16-17,25H,1-2,5-7,9-11H2,(H,26,28)(H,27,29). The Morgan fingerprint density at radius 2 is 1.84 bits per heavy atom. The molecular weight excluding hydrogens is 424 g/mol. The van der Waals surface area contributed by atoms with Gasteiger partial charge < -0.3 is 30.2 Å². The molecule has 2 aliphatic heterocycles. The molecule has 2 heterocycles. The third-order valence-corrected chi connectivity index (χ3v) is 6.94. The Bertz CT molecular complexity index is 886. The lowest BCUT2D eigenvalue weighted by Crippen LogP contribution is -2.61. The van der Waals surface area contributed by atoms with E-state index in [1.54, 1.807) is 0 Å². The molecule has 10 heteroatoms. The first kappa shape index (κ1) is 21.2. The lowest BCUT2D eigenvalue weighted by molar-refractivity contribution is -0.286. The number of amides is 2. The zero-order valence-corrected chi connectivity index (χ0v) is 17.6. The maximum absolute atomic E-state index is 13.1. The van der Waals surface area contributed by atoms with Crippen LogP contribution in [-0.4, -0.2) is 49.9 Å². The van der Waals surface area contributed by atoms with E-state index in [0.717, 1.165) is 38.8 Å². The van der Waals surface area contributed by atoms with Gasteiger partial charge in [-0.05, 0) is 62.6 Å². The van der Waals surface area contributed by atoms with Crippen molar-refractivity contribution in [1.82, 2.24) is 16.0 Å². The van der Waals surface area contributed by atoms with E-state index in [4.69, 9.17) is 4.74 Å². The molecule has 0 radical (unpaired) electrons. The number of rotatable bonds is 6. The Morgan fingerprint density at radius 1 is 1.09 bits per heavy atom. The number of carbonyl (C=O) groups is 2. The van der Waals surface area contributed by atoms with E-state index in [0.29, 0.717) is 18.3 Å². The molecule has 1 saturated heterocycles. The number of ether oxygens (including phenoxy) is 3. The van der Waals surface area contributed by atoms with Crippen LogP contribution in [0.5, 0.6) is 17.2 Å². The fourth-order valence-corrected chi connectivity index (χ4v) is 5.17. The molecule has 0 spiro atoms. The van der Waals surface area contributed by atoms with E-state index in [9.17, 15) is 18.4 Å². The summed E-state index contributed by atoms with van der Waals surface area (Å²) in [5.74, 6) is 0.763. The SMILES string of the molecule is O=C(COc1ccc2c(c1)OC(F)(F)O2)NC1CC(NC(=O)C2CCCNC2)C2CC1C2. The van der Waals surface area contributed by atoms with Gasteiger partial charge in [0.05, 0.1) is 5.92 Å². The van der Waals surface area contributed by atoms with Gasteiger partial charge in [-0.2, -0.15) is 0 Å². The molecule has 3 N–H and O–H groups in total. The van der Waals surface area contributed by atoms with Crippen LogP contribution in [0, 0.1) is 17.8 Å². The number of fused-ring (bicyclic) bond motifs is 3. The molecule has 32 heavy (non-hydrogen) atoms. The highest BCUT2D eigenvalue weighted by Gasteiger charge is 2.47. The number of piperidine rings is 1. The summed E-state index contributed by atoms with van der Waals surface area (Å²) in [6.45, 7) is 1.45. The van der Waals surface area contributed by atoms with Gasteiger partial charge in [-0.15, -0.1) is 8.78 Å². The van der Waals surface area contributed by atoms with Crippen molar-refractivity contribution in [2.45, 2.75) is 50.5 Å². The number of halogens is 2. The molecule has 6 rings (SSSR count). The van der Waals surface area contributed by atoms with Gasteiger partial charge in [-0.1, -0.05) is 0 Å². The van der Waals surface area contributed by atoms with Crippen molar-refractivity contribution in [1.29, 1.82) is 0 Å². The Kier molecular flexibility index (Phi) is 5.56. The predicted molar refractivity (Wildman–Crippen MR) is 108 cm³/mol. The van der Waals surface area contributed by atoms with E-state index in [1.807, 2.05) is 0 Å². The molecule has 3 aliphatic carbocycles. The normalized spacial score (nSPS) is 31.9. The zero-order chi connectivity index (χ0) is 22.3.